The second-order valence-electron chi connectivity index (χ2n) is 9.63. The lowest BCUT2D eigenvalue weighted by Gasteiger charge is -2.27. The number of fused-ring (bicyclic) bond motifs is 2. The van der Waals surface area contributed by atoms with Crippen LogP contribution in [0.2, 0.25) is 5.02 Å². The fourth-order valence-electron chi connectivity index (χ4n) is 5.42. The Hall–Kier alpha value is -4.18. The summed E-state index contributed by atoms with van der Waals surface area (Å²) in [6, 6.07) is 8.99. The van der Waals surface area contributed by atoms with Crippen LogP contribution >= 0.6 is 11.6 Å². The van der Waals surface area contributed by atoms with Crippen molar-refractivity contribution in [2.75, 3.05) is 0 Å². The largest absolute Gasteiger partial charge is 0.364 e. The molecule has 11 heteroatoms. The van der Waals surface area contributed by atoms with Gasteiger partial charge in [0.15, 0.2) is 11.5 Å². The molecule has 2 amide bonds. The Bertz CT molecular complexity index is 1620. The molecule has 6 rings (SSSR count). The van der Waals surface area contributed by atoms with Gasteiger partial charge in [0.1, 0.15) is 12.4 Å². The van der Waals surface area contributed by atoms with Gasteiger partial charge >= 0.3 is 0 Å². The molecular weight excluding hydrogens is 511 g/mol. The van der Waals surface area contributed by atoms with Crippen LogP contribution in [0.1, 0.15) is 28.9 Å². The Kier molecular flexibility index (Phi) is 5.91. The number of likely N-dealkylation sites (tertiary alicyclic amines) is 1. The Morgan fingerprint density at radius 3 is 2.74 bits per heavy atom. The first-order valence-electron chi connectivity index (χ1n) is 12.2. The summed E-state index contributed by atoms with van der Waals surface area (Å²) in [4.78, 5) is 48.6. The molecular formula is C27H22ClFN6O3. The van der Waals surface area contributed by atoms with Gasteiger partial charge in [0.05, 0.1) is 28.5 Å². The van der Waals surface area contributed by atoms with Crippen LogP contribution in [-0.4, -0.2) is 54.3 Å². The highest BCUT2D eigenvalue weighted by atomic mass is 35.5. The summed E-state index contributed by atoms with van der Waals surface area (Å²) in [6.45, 7) is -0.176. The summed E-state index contributed by atoms with van der Waals surface area (Å²) in [7, 11) is 0. The fourth-order valence-corrected chi connectivity index (χ4v) is 5.65. The van der Waals surface area contributed by atoms with E-state index in [1.54, 1.807) is 41.3 Å². The molecule has 1 aliphatic carbocycles. The number of amides is 2. The summed E-state index contributed by atoms with van der Waals surface area (Å²) in [5, 5.41) is 5.05. The van der Waals surface area contributed by atoms with Gasteiger partial charge in [0, 0.05) is 35.8 Å². The maximum atomic E-state index is 15.4. The molecule has 2 aliphatic rings. The van der Waals surface area contributed by atoms with Crippen molar-refractivity contribution in [2.24, 2.45) is 11.7 Å². The Morgan fingerprint density at radius 1 is 1.11 bits per heavy atom. The van der Waals surface area contributed by atoms with Crippen LogP contribution in [0, 0.1) is 11.7 Å². The van der Waals surface area contributed by atoms with E-state index in [2.05, 4.69) is 15.1 Å². The van der Waals surface area contributed by atoms with E-state index >= 15 is 4.39 Å². The van der Waals surface area contributed by atoms with E-state index < -0.39 is 17.8 Å². The molecule has 0 bridgehead atoms. The zero-order chi connectivity index (χ0) is 26.6. The number of nitrogens with zero attached hydrogens (tertiary/aromatic N) is 5. The van der Waals surface area contributed by atoms with Crippen LogP contribution in [-0.2, 0) is 22.6 Å². The number of pyridine rings is 2. The molecule has 1 aromatic carbocycles. The third kappa shape index (κ3) is 4.10. The lowest BCUT2D eigenvalue weighted by atomic mass is 9.97. The van der Waals surface area contributed by atoms with Crippen LogP contribution in [0.4, 0.5) is 4.39 Å². The summed E-state index contributed by atoms with van der Waals surface area (Å²) >= 11 is 6.21. The van der Waals surface area contributed by atoms with E-state index in [1.165, 1.54) is 23.3 Å². The molecule has 4 heterocycles. The molecule has 1 aliphatic heterocycles. The van der Waals surface area contributed by atoms with E-state index in [0.29, 0.717) is 28.0 Å². The number of carbonyl (C=O) groups is 3. The normalized spacial score (nSPS) is 19.9. The number of piperidine rings is 1. The van der Waals surface area contributed by atoms with E-state index in [1.807, 2.05) is 0 Å². The van der Waals surface area contributed by atoms with E-state index in [-0.39, 0.29) is 53.4 Å². The van der Waals surface area contributed by atoms with Crippen molar-refractivity contribution in [3.8, 4) is 11.3 Å². The van der Waals surface area contributed by atoms with Crippen molar-refractivity contribution in [1.82, 2.24) is 24.6 Å². The molecule has 38 heavy (non-hydrogen) atoms. The van der Waals surface area contributed by atoms with Crippen molar-refractivity contribution in [1.29, 1.82) is 0 Å². The zero-order valence-electron chi connectivity index (χ0n) is 20.1. The van der Waals surface area contributed by atoms with Crippen LogP contribution in [0.15, 0.2) is 55.0 Å². The maximum absolute atomic E-state index is 15.4. The number of carbonyl (C=O) groups excluding carboxylic acids is 3. The minimum Gasteiger partial charge on any atom is -0.364 e. The molecule has 4 aromatic rings. The van der Waals surface area contributed by atoms with Gasteiger partial charge in [-0.05, 0) is 48.6 Å². The van der Waals surface area contributed by atoms with Crippen molar-refractivity contribution < 1.29 is 18.8 Å². The maximum Gasteiger partial charge on any atom is 0.269 e. The molecule has 9 nitrogen and oxygen atoms in total. The average Bonchev–Trinajstić information content (AvgIpc) is 3.40. The number of aromatic nitrogens is 4. The number of primary amides is 1. The Morgan fingerprint density at radius 2 is 1.95 bits per heavy atom. The molecule has 0 spiro atoms. The molecule has 0 unspecified atom stereocenters. The lowest BCUT2D eigenvalue weighted by Crippen LogP contribution is -2.45. The van der Waals surface area contributed by atoms with Crippen LogP contribution < -0.4 is 5.73 Å². The topological polar surface area (TPSA) is 124 Å². The van der Waals surface area contributed by atoms with Crippen molar-refractivity contribution in [3.63, 3.8) is 0 Å². The number of rotatable bonds is 7. The van der Waals surface area contributed by atoms with Gasteiger partial charge in [-0.15, -0.1) is 0 Å². The monoisotopic (exact) mass is 532 g/mol. The zero-order valence-corrected chi connectivity index (χ0v) is 20.8. The highest BCUT2D eigenvalue weighted by molar-refractivity contribution is 6.33. The number of nitrogens with two attached hydrogens (primary N) is 1. The number of halogens is 2. The fraction of sp³-hybridized carbons (Fsp3) is 0.259. The summed E-state index contributed by atoms with van der Waals surface area (Å²) < 4.78 is 16.8. The van der Waals surface area contributed by atoms with Crippen molar-refractivity contribution in [3.05, 3.63) is 77.1 Å². The molecule has 2 N–H and O–H groups in total. The van der Waals surface area contributed by atoms with Crippen molar-refractivity contribution >= 4 is 40.1 Å². The van der Waals surface area contributed by atoms with E-state index in [4.69, 9.17) is 17.3 Å². The standard InChI is InChI=1S/C27H22ClFN6O3/c28-18-5-2-7-32-25(18)17-4-1-3-14(24(17)29)11-22(36)20-10-15-9-19(15)35(20)23(37)13-34-21-12-31-8-6-16(21)26(33-34)27(30)38/h1-8,12,15,19-20H,9-11,13H2,(H2,30,38)/t15-,19-,20+/m1/s1. The molecule has 0 radical (unpaired) electrons. The Balaban J connectivity index is 1.24. The van der Waals surface area contributed by atoms with Gasteiger partial charge in [0.2, 0.25) is 5.91 Å². The number of benzene rings is 1. The van der Waals surface area contributed by atoms with Crippen LogP contribution in [0.3, 0.4) is 0 Å². The van der Waals surface area contributed by atoms with Gasteiger partial charge < -0.3 is 10.6 Å². The average molecular weight is 533 g/mol. The third-order valence-corrected chi connectivity index (χ3v) is 7.60. The Labute approximate surface area is 221 Å². The SMILES string of the molecule is NC(=O)c1nn(CC(=O)N2[C@@H]3C[C@@H]3C[C@H]2C(=O)Cc2cccc(-c3ncccc3Cl)c2F)c2cnccc12. The van der Waals surface area contributed by atoms with Crippen LogP contribution in [0.5, 0.6) is 0 Å². The molecule has 3 aromatic heterocycles. The second kappa shape index (κ2) is 9.29. The second-order valence-corrected chi connectivity index (χ2v) is 10.0. The number of Topliss-reactive ketones (excluding diaryl/α,β-unsaturated/α-hetero) is 1. The predicted molar refractivity (Wildman–Crippen MR) is 137 cm³/mol. The number of hydrogen-bond acceptors (Lipinski definition) is 6. The quantitative estimate of drug-likeness (QED) is 0.390. The van der Waals surface area contributed by atoms with E-state index in [9.17, 15) is 14.4 Å². The van der Waals surface area contributed by atoms with Crippen LogP contribution in [0.25, 0.3) is 22.2 Å². The number of hydrogen-bond donors (Lipinski definition) is 1. The lowest BCUT2D eigenvalue weighted by molar-refractivity contribution is -0.139. The highest BCUT2D eigenvalue weighted by Gasteiger charge is 2.55. The van der Waals surface area contributed by atoms with E-state index in [0.717, 1.165) is 6.42 Å². The summed E-state index contributed by atoms with van der Waals surface area (Å²) in [5.74, 6) is -1.56. The van der Waals surface area contributed by atoms with Crippen molar-refractivity contribution in [2.45, 2.75) is 37.9 Å². The molecule has 1 saturated heterocycles. The molecule has 1 saturated carbocycles. The molecule has 2 fully saturated rings. The first-order valence-corrected chi connectivity index (χ1v) is 12.5. The first-order chi connectivity index (χ1) is 18.3. The van der Waals surface area contributed by atoms with Gasteiger partial charge in [-0.25, -0.2) is 4.39 Å². The first kappa shape index (κ1) is 24.2. The smallest absolute Gasteiger partial charge is 0.269 e. The van der Waals surface area contributed by atoms with Gasteiger partial charge in [-0.3, -0.25) is 29.0 Å². The third-order valence-electron chi connectivity index (χ3n) is 7.29. The van der Waals surface area contributed by atoms with Gasteiger partial charge in [-0.1, -0.05) is 23.7 Å². The van der Waals surface area contributed by atoms with Gasteiger partial charge in [-0.2, -0.15) is 5.10 Å². The molecule has 192 valence electrons. The summed E-state index contributed by atoms with van der Waals surface area (Å²) in [5.41, 5.74) is 6.75. The molecule has 3 atom stereocenters. The number of ketones is 1. The minimum atomic E-state index is -0.708. The minimum absolute atomic E-state index is 0.0319. The van der Waals surface area contributed by atoms with Gasteiger partial charge in [0.25, 0.3) is 5.91 Å². The highest BCUT2D eigenvalue weighted by Crippen LogP contribution is 2.48. The summed E-state index contributed by atoms with van der Waals surface area (Å²) in [6.07, 6.45) is 5.75. The predicted octanol–water partition coefficient (Wildman–Crippen LogP) is 3.19.